The predicted molar refractivity (Wildman–Crippen MR) is 89.6 cm³/mol. The summed E-state index contributed by atoms with van der Waals surface area (Å²) in [6, 6.07) is 9.90. The lowest BCUT2D eigenvalue weighted by atomic mass is 10.3. The molecule has 0 amide bonds. The number of carboxylic acids is 1. The standard InChI is InChI=1S/C11H19N3O2S.C3H6O3/c1-3-14(11-7-5-4-6-8-11)12-9-10-13-17(2,15)16;1-2(4)3(5)6/h4-8,12-13H,3,9-10H2,1-2H3;2,4H,1H3,(H,5,6). The first kappa shape index (κ1) is 21.3. The molecular formula is C14H25N3O5S. The van der Waals surface area contributed by atoms with Crippen LogP contribution in [-0.4, -0.2) is 56.6 Å². The monoisotopic (exact) mass is 347 g/mol. The lowest BCUT2D eigenvalue weighted by Crippen LogP contribution is -2.42. The molecule has 4 N–H and O–H groups in total. The largest absolute Gasteiger partial charge is 0.479 e. The molecule has 1 rings (SSSR count). The molecule has 0 bridgehead atoms. The molecule has 9 heteroatoms. The maximum Gasteiger partial charge on any atom is 0.332 e. The Kier molecular flexibility index (Phi) is 10.1. The van der Waals surface area contributed by atoms with Crippen LogP contribution in [0.2, 0.25) is 0 Å². The lowest BCUT2D eigenvalue weighted by molar-refractivity contribution is -0.145. The second-order valence-electron chi connectivity index (χ2n) is 4.67. The van der Waals surface area contributed by atoms with Crippen molar-refractivity contribution < 1.29 is 23.4 Å². The Bertz CT molecular complexity index is 549. The highest BCUT2D eigenvalue weighted by Crippen LogP contribution is 2.09. The average molecular weight is 347 g/mol. The van der Waals surface area contributed by atoms with Gasteiger partial charge in [-0.3, -0.25) is 0 Å². The molecule has 0 aromatic heterocycles. The summed E-state index contributed by atoms with van der Waals surface area (Å²) in [7, 11) is -3.10. The fourth-order valence-electron chi connectivity index (χ4n) is 1.42. The number of carboxylic acid groups (broad SMARTS) is 1. The minimum absolute atomic E-state index is 0.377. The van der Waals surface area contributed by atoms with E-state index in [1.165, 1.54) is 6.92 Å². The van der Waals surface area contributed by atoms with E-state index in [9.17, 15) is 13.2 Å². The summed E-state index contributed by atoms with van der Waals surface area (Å²) in [6.07, 6.45) is -0.0769. The van der Waals surface area contributed by atoms with Crippen LogP contribution >= 0.6 is 0 Å². The third kappa shape index (κ3) is 11.5. The summed E-state index contributed by atoms with van der Waals surface area (Å²) in [5.41, 5.74) is 4.23. The Labute approximate surface area is 137 Å². The highest BCUT2D eigenvalue weighted by atomic mass is 32.2. The fraction of sp³-hybridized carbons (Fsp3) is 0.500. The number of rotatable bonds is 8. The number of hydrazine groups is 1. The van der Waals surface area contributed by atoms with Crippen molar-refractivity contribution in [2.24, 2.45) is 0 Å². The molecule has 0 aliphatic rings. The minimum Gasteiger partial charge on any atom is -0.479 e. The molecule has 132 valence electrons. The van der Waals surface area contributed by atoms with Gasteiger partial charge in [0.15, 0.2) is 0 Å². The minimum atomic E-state index is -3.10. The number of hydrogen-bond acceptors (Lipinski definition) is 6. The van der Waals surface area contributed by atoms with E-state index in [1.54, 1.807) is 0 Å². The van der Waals surface area contributed by atoms with Crippen LogP contribution in [0.5, 0.6) is 0 Å². The molecule has 1 aromatic rings. The number of carbonyl (C=O) groups is 1. The van der Waals surface area contributed by atoms with Crippen LogP contribution < -0.4 is 15.2 Å². The summed E-state index contributed by atoms with van der Waals surface area (Å²) >= 11 is 0. The second-order valence-corrected chi connectivity index (χ2v) is 6.50. The van der Waals surface area contributed by atoms with Gasteiger partial charge in [0.05, 0.1) is 11.9 Å². The third-order valence-corrected chi connectivity index (χ3v) is 3.26. The number of aliphatic carboxylic acids is 1. The van der Waals surface area contributed by atoms with Crippen molar-refractivity contribution in [1.29, 1.82) is 0 Å². The molecular weight excluding hydrogens is 322 g/mol. The van der Waals surface area contributed by atoms with Gasteiger partial charge in [-0.25, -0.2) is 23.4 Å². The molecule has 1 unspecified atom stereocenters. The number of sulfonamides is 1. The SMILES string of the molecule is CC(O)C(=O)O.CCN(NCCNS(C)(=O)=O)c1ccccc1. The Morgan fingerprint density at radius 2 is 1.78 bits per heavy atom. The van der Waals surface area contributed by atoms with Crippen LogP contribution in [0.25, 0.3) is 0 Å². The van der Waals surface area contributed by atoms with E-state index in [2.05, 4.69) is 10.1 Å². The third-order valence-electron chi connectivity index (χ3n) is 2.53. The smallest absolute Gasteiger partial charge is 0.332 e. The number of anilines is 1. The zero-order valence-corrected chi connectivity index (χ0v) is 14.4. The predicted octanol–water partition coefficient (Wildman–Crippen LogP) is 0.0185. The van der Waals surface area contributed by atoms with Crippen molar-refractivity contribution in [3.05, 3.63) is 30.3 Å². The van der Waals surface area contributed by atoms with E-state index in [0.717, 1.165) is 18.5 Å². The van der Waals surface area contributed by atoms with Gasteiger partial charge in [-0.15, -0.1) is 0 Å². The van der Waals surface area contributed by atoms with Crippen molar-refractivity contribution in [3.8, 4) is 0 Å². The number of nitrogens with one attached hydrogen (secondary N) is 2. The van der Waals surface area contributed by atoms with E-state index in [0.29, 0.717) is 13.1 Å². The van der Waals surface area contributed by atoms with Crippen LogP contribution in [0.3, 0.4) is 0 Å². The number of para-hydroxylation sites is 1. The van der Waals surface area contributed by atoms with Crippen LogP contribution in [0.15, 0.2) is 30.3 Å². The molecule has 1 atom stereocenters. The molecule has 0 saturated carbocycles. The number of benzene rings is 1. The first-order valence-electron chi connectivity index (χ1n) is 7.09. The molecule has 0 saturated heterocycles. The second kappa shape index (κ2) is 10.9. The van der Waals surface area contributed by atoms with Gasteiger partial charge in [-0.2, -0.15) is 0 Å². The first-order valence-corrected chi connectivity index (χ1v) is 8.98. The molecule has 1 aromatic carbocycles. The number of hydrogen-bond donors (Lipinski definition) is 4. The van der Waals surface area contributed by atoms with E-state index >= 15 is 0 Å². The van der Waals surface area contributed by atoms with Crippen LogP contribution in [0.1, 0.15) is 13.8 Å². The average Bonchev–Trinajstić information content (AvgIpc) is 2.47. The Balaban J connectivity index is 0.000000688. The molecule has 0 aliphatic heterocycles. The number of nitrogens with zero attached hydrogens (tertiary/aromatic N) is 1. The van der Waals surface area contributed by atoms with Crippen LogP contribution in [-0.2, 0) is 14.8 Å². The van der Waals surface area contributed by atoms with E-state index in [4.69, 9.17) is 10.2 Å². The van der Waals surface area contributed by atoms with Crippen LogP contribution in [0, 0.1) is 0 Å². The molecule has 0 spiro atoms. The zero-order valence-electron chi connectivity index (χ0n) is 13.6. The zero-order chi connectivity index (χ0) is 17.9. The van der Waals surface area contributed by atoms with Crippen molar-refractivity contribution in [2.45, 2.75) is 20.0 Å². The molecule has 0 heterocycles. The Morgan fingerprint density at radius 1 is 1.26 bits per heavy atom. The Morgan fingerprint density at radius 3 is 2.17 bits per heavy atom. The molecule has 0 aliphatic carbocycles. The summed E-state index contributed by atoms with van der Waals surface area (Å²) in [4.78, 5) is 9.45. The van der Waals surface area contributed by atoms with Gasteiger partial charge in [0, 0.05) is 19.6 Å². The van der Waals surface area contributed by atoms with E-state index in [1.807, 2.05) is 42.3 Å². The number of aliphatic hydroxyl groups is 1. The van der Waals surface area contributed by atoms with Gasteiger partial charge in [-0.05, 0) is 26.0 Å². The number of aliphatic hydroxyl groups excluding tert-OH is 1. The van der Waals surface area contributed by atoms with Gasteiger partial charge in [0.1, 0.15) is 6.10 Å². The molecule has 0 fully saturated rings. The van der Waals surface area contributed by atoms with Crippen molar-refractivity contribution in [2.75, 3.05) is 30.9 Å². The maximum absolute atomic E-state index is 10.9. The highest BCUT2D eigenvalue weighted by Gasteiger charge is 2.03. The van der Waals surface area contributed by atoms with Crippen molar-refractivity contribution >= 4 is 21.7 Å². The van der Waals surface area contributed by atoms with Gasteiger partial charge in [0.25, 0.3) is 0 Å². The topological polar surface area (TPSA) is 119 Å². The van der Waals surface area contributed by atoms with Gasteiger partial charge in [0.2, 0.25) is 10.0 Å². The van der Waals surface area contributed by atoms with E-state index < -0.39 is 22.1 Å². The molecule has 8 nitrogen and oxygen atoms in total. The van der Waals surface area contributed by atoms with Crippen LogP contribution in [0.4, 0.5) is 5.69 Å². The summed E-state index contributed by atoms with van der Waals surface area (Å²) in [5.74, 6) is -1.19. The molecule has 23 heavy (non-hydrogen) atoms. The van der Waals surface area contributed by atoms with Gasteiger partial charge < -0.3 is 15.2 Å². The first-order chi connectivity index (χ1) is 10.7. The summed E-state index contributed by atoms with van der Waals surface area (Å²) in [6.45, 7) is 4.97. The fourth-order valence-corrected chi connectivity index (χ4v) is 1.89. The van der Waals surface area contributed by atoms with E-state index in [-0.39, 0.29) is 0 Å². The van der Waals surface area contributed by atoms with Gasteiger partial charge >= 0.3 is 5.97 Å². The van der Waals surface area contributed by atoms with Crippen molar-refractivity contribution in [1.82, 2.24) is 10.1 Å². The summed E-state index contributed by atoms with van der Waals surface area (Å²) in [5, 5.41) is 17.7. The maximum atomic E-state index is 10.9. The normalized spacial score (nSPS) is 12.0. The Hall–Kier alpha value is -1.68. The van der Waals surface area contributed by atoms with Crippen molar-refractivity contribution in [3.63, 3.8) is 0 Å². The lowest BCUT2D eigenvalue weighted by Gasteiger charge is -2.23. The quantitative estimate of drug-likeness (QED) is 0.386. The molecule has 0 radical (unpaired) electrons. The van der Waals surface area contributed by atoms with Gasteiger partial charge in [-0.1, -0.05) is 18.2 Å². The summed E-state index contributed by atoms with van der Waals surface area (Å²) < 4.78 is 24.2. The highest BCUT2D eigenvalue weighted by molar-refractivity contribution is 7.88.